The summed E-state index contributed by atoms with van der Waals surface area (Å²) in [6, 6.07) is 2.28. The maximum Gasteiger partial charge on any atom is 0.0739 e. The van der Waals surface area contributed by atoms with E-state index in [0.717, 1.165) is 5.56 Å². The minimum atomic E-state index is 0.147. The van der Waals surface area contributed by atoms with Crippen LogP contribution in [0.15, 0.2) is 11.2 Å². The van der Waals surface area contributed by atoms with Crippen LogP contribution in [0.3, 0.4) is 0 Å². The molecule has 0 spiro atoms. The van der Waals surface area contributed by atoms with E-state index in [4.69, 9.17) is 5.21 Å². The molecule has 1 aromatic carbocycles. The minimum Gasteiger partial charge on any atom is -0.411 e. The summed E-state index contributed by atoms with van der Waals surface area (Å²) < 4.78 is 0. The Labute approximate surface area is 116 Å². The first-order valence-corrected chi connectivity index (χ1v) is 6.98. The average molecular weight is 259 g/mol. The molecule has 1 N–H and O–H groups in total. The van der Waals surface area contributed by atoms with Crippen LogP contribution in [0.4, 0.5) is 0 Å². The molecule has 0 amide bonds. The molecule has 1 atom stereocenters. The lowest BCUT2D eigenvalue weighted by Crippen LogP contribution is -2.31. The Balaban J connectivity index is 2.85. The molecule has 1 aliphatic carbocycles. The summed E-state index contributed by atoms with van der Waals surface area (Å²) in [5.41, 5.74) is 6.72. The molecule has 0 saturated carbocycles. The van der Waals surface area contributed by atoms with E-state index in [0.29, 0.717) is 5.92 Å². The Bertz CT molecular complexity index is 553. The van der Waals surface area contributed by atoms with Crippen LogP contribution in [-0.2, 0) is 10.8 Å². The molecule has 0 aromatic heterocycles. The highest BCUT2D eigenvalue weighted by Crippen LogP contribution is 2.55. The molecule has 1 aromatic rings. The van der Waals surface area contributed by atoms with Gasteiger partial charge in [-0.2, -0.15) is 0 Å². The SMILES string of the molecule is Cc1cc2c(c(C)c1/C=N\O)C(C)(C)C(C)C2(C)C. The molecule has 0 heterocycles. The minimum absolute atomic E-state index is 0.147. The van der Waals surface area contributed by atoms with Crippen LogP contribution in [0.5, 0.6) is 0 Å². The van der Waals surface area contributed by atoms with E-state index in [2.05, 4.69) is 59.7 Å². The van der Waals surface area contributed by atoms with Crippen molar-refractivity contribution in [3.8, 4) is 0 Å². The van der Waals surface area contributed by atoms with Crippen LogP contribution >= 0.6 is 0 Å². The van der Waals surface area contributed by atoms with Crippen molar-refractivity contribution in [3.05, 3.63) is 33.9 Å². The Hall–Kier alpha value is -1.31. The number of oxime groups is 1. The van der Waals surface area contributed by atoms with Crippen LogP contribution in [0, 0.1) is 19.8 Å². The zero-order valence-electron chi connectivity index (χ0n) is 13.1. The zero-order valence-corrected chi connectivity index (χ0v) is 13.1. The van der Waals surface area contributed by atoms with Crippen LogP contribution < -0.4 is 0 Å². The number of rotatable bonds is 1. The first kappa shape index (κ1) is 14.1. The summed E-state index contributed by atoms with van der Waals surface area (Å²) in [6.45, 7) is 15.9. The molecule has 0 saturated heterocycles. The van der Waals surface area contributed by atoms with Crippen LogP contribution in [0.2, 0.25) is 0 Å². The van der Waals surface area contributed by atoms with Crippen molar-refractivity contribution < 1.29 is 5.21 Å². The van der Waals surface area contributed by atoms with E-state index in [1.807, 2.05) is 0 Å². The van der Waals surface area contributed by atoms with Crippen molar-refractivity contribution in [2.45, 2.75) is 59.3 Å². The van der Waals surface area contributed by atoms with Crippen molar-refractivity contribution in [1.82, 2.24) is 0 Å². The maximum atomic E-state index is 8.87. The molecule has 2 heteroatoms. The van der Waals surface area contributed by atoms with Gasteiger partial charge in [0.05, 0.1) is 6.21 Å². The summed E-state index contributed by atoms with van der Waals surface area (Å²) in [5.74, 6) is 0.578. The normalized spacial score (nSPS) is 23.8. The lowest BCUT2D eigenvalue weighted by Gasteiger charge is -2.33. The molecule has 0 aliphatic heterocycles. The van der Waals surface area contributed by atoms with Gasteiger partial charge in [-0.05, 0) is 52.8 Å². The third-order valence-electron chi connectivity index (χ3n) is 5.52. The highest BCUT2D eigenvalue weighted by molar-refractivity contribution is 5.85. The van der Waals surface area contributed by atoms with Gasteiger partial charge in [-0.3, -0.25) is 0 Å². The van der Waals surface area contributed by atoms with Gasteiger partial charge in [-0.15, -0.1) is 0 Å². The van der Waals surface area contributed by atoms with E-state index < -0.39 is 0 Å². The van der Waals surface area contributed by atoms with Gasteiger partial charge in [0.1, 0.15) is 0 Å². The largest absolute Gasteiger partial charge is 0.411 e. The molecular weight excluding hydrogens is 234 g/mol. The van der Waals surface area contributed by atoms with Crippen molar-refractivity contribution >= 4 is 6.21 Å². The average Bonchev–Trinajstić information content (AvgIpc) is 2.43. The predicted molar refractivity (Wildman–Crippen MR) is 80.5 cm³/mol. The summed E-state index contributed by atoms with van der Waals surface area (Å²) in [7, 11) is 0. The van der Waals surface area contributed by atoms with Crippen molar-refractivity contribution in [3.63, 3.8) is 0 Å². The Morgan fingerprint density at radius 1 is 1.16 bits per heavy atom. The smallest absolute Gasteiger partial charge is 0.0739 e. The zero-order chi connectivity index (χ0) is 14.6. The second kappa shape index (κ2) is 4.09. The molecule has 1 unspecified atom stereocenters. The van der Waals surface area contributed by atoms with Gasteiger partial charge in [0.15, 0.2) is 0 Å². The van der Waals surface area contributed by atoms with E-state index in [1.54, 1.807) is 6.21 Å². The molecule has 2 nitrogen and oxygen atoms in total. The highest BCUT2D eigenvalue weighted by Gasteiger charge is 2.49. The fourth-order valence-electron chi connectivity index (χ4n) is 3.95. The lowest BCUT2D eigenvalue weighted by atomic mass is 9.71. The lowest BCUT2D eigenvalue weighted by molar-refractivity contribution is 0.264. The van der Waals surface area contributed by atoms with Gasteiger partial charge in [0, 0.05) is 5.56 Å². The second-order valence-corrected chi connectivity index (χ2v) is 7.06. The first-order valence-electron chi connectivity index (χ1n) is 6.98. The number of benzene rings is 1. The third-order valence-corrected chi connectivity index (χ3v) is 5.52. The molecule has 104 valence electrons. The maximum absolute atomic E-state index is 8.87. The summed E-state index contributed by atoms with van der Waals surface area (Å²) >= 11 is 0. The number of hydrogen-bond donors (Lipinski definition) is 1. The molecule has 0 bridgehead atoms. The van der Waals surface area contributed by atoms with E-state index >= 15 is 0 Å². The monoisotopic (exact) mass is 259 g/mol. The fraction of sp³-hybridized carbons (Fsp3) is 0.588. The van der Waals surface area contributed by atoms with Gasteiger partial charge in [0.2, 0.25) is 0 Å². The number of fused-ring (bicyclic) bond motifs is 1. The van der Waals surface area contributed by atoms with Gasteiger partial charge in [-0.1, -0.05) is 45.8 Å². The van der Waals surface area contributed by atoms with Gasteiger partial charge in [0.25, 0.3) is 0 Å². The van der Waals surface area contributed by atoms with Crippen molar-refractivity contribution in [2.24, 2.45) is 11.1 Å². The van der Waals surface area contributed by atoms with E-state index in [9.17, 15) is 0 Å². The van der Waals surface area contributed by atoms with Gasteiger partial charge in [-0.25, -0.2) is 0 Å². The topological polar surface area (TPSA) is 32.6 Å². The summed E-state index contributed by atoms with van der Waals surface area (Å²) in [6.07, 6.45) is 1.57. The quantitative estimate of drug-likeness (QED) is 0.455. The standard InChI is InChI=1S/C17H25NO/c1-10-8-14-15(11(2)13(10)9-18-19)17(6,7)12(3)16(14,4)5/h8-9,12,19H,1-7H3/b18-9-. The molecule has 19 heavy (non-hydrogen) atoms. The molecule has 0 fully saturated rings. The van der Waals surface area contributed by atoms with E-state index in [1.165, 1.54) is 22.3 Å². The molecule has 2 rings (SSSR count). The number of nitrogens with zero attached hydrogens (tertiary/aromatic N) is 1. The van der Waals surface area contributed by atoms with Crippen LogP contribution in [0.25, 0.3) is 0 Å². The van der Waals surface area contributed by atoms with Crippen molar-refractivity contribution in [1.29, 1.82) is 0 Å². The molecule has 1 aliphatic rings. The molecule has 0 radical (unpaired) electrons. The fourth-order valence-corrected chi connectivity index (χ4v) is 3.95. The van der Waals surface area contributed by atoms with Gasteiger partial charge >= 0.3 is 0 Å². The number of hydrogen-bond acceptors (Lipinski definition) is 2. The van der Waals surface area contributed by atoms with Gasteiger partial charge < -0.3 is 5.21 Å². The second-order valence-electron chi connectivity index (χ2n) is 7.06. The molecular formula is C17H25NO. The first-order chi connectivity index (χ1) is 8.65. The van der Waals surface area contributed by atoms with Crippen LogP contribution in [0.1, 0.15) is 62.4 Å². The Kier molecular flexibility index (Phi) is 3.04. The van der Waals surface area contributed by atoms with Crippen molar-refractivity contribution in [2.75, 3.05) is 0 Å². The summed E-state index contributed by atoms with van der Waals surface area (Å²) in [4.78, 5) is 0. The predicted octanol–water partition coefficient (Wildman–Crippen LogP) is 4.32. The Morgan fingerprint density at radius 2 is 1.74 bits per heavy atom. The summed E-state index contributed by atoms with van der Waals surface area (Å²) in [5, 5.41) is 12.1. The van der Waals surface area contributed by atoms with Crippen LogP contribution in [-0.4, -0.2) is 11.4 Å². The Morgan fingerprint density at radius 3 is 2.26 bits per heavy atom. The van der Waals surface area contributed by atoms with E-state index in [-0.39, 0.29) is 10.8 Å². The third kappa shape index (κ3) is 1.73. The number of aryl methyl sites for hydroxylation is 1. The highest BCUT2D eigenvalue weighted by atomic mass is 16.4.